The molecule has 0 spiro atoms. The van der Waals surface area contributed by atoms with Crippen molar-refractivity contribution in [1.29, 1.82) is 5.26 Å². The number of methoxy groups -OCH3 is 3. The number of carbonyl (C=O) groups excluding carboxylic acids is 1. The molecule has 0 amide bonds. The summed E-state index contributed by atoms with van der Waals surface area (Å²) in [6.07, 6.45) is 1.01. The maximum Gasteiger partial charge on any atom is 0.307 e. The Morgan fingerprint density at radius 1 is 1.32 bits per heavy atom. The van der Waals surface area contributed by atoms with Crippen LogP contribution in [0.2, 0.25) is 0 Å². The van der Waals surface area contributed by atoms with E-state index in [0.29, 0.717) is 11.5 Å². The fourth-order valence-electron chi connectivity index (χ4n) is 2.84. The van der Waals surface area contributed by atoms with Gasteiger partial charge < -0.3 is 14.2 Å². The first-order chi connectivity index (χ1) is 10.6. The molecular weight excluding hydrogens is 284 g/mol. The van der Waals surface area contributed by atoms with Gasteiger partial charge in [0, 0.05) is 12.6 Å². The van der Waals surface area contributed by atoms with Crippen LogP contribution in [0.1, 0.15) is 23.6 Å². The fourth-order valence-corrected chi connectivity index (χ4v) is 2.84. The summed E-state index contributed by atoms with van der Waals surface area (Å²) >= 11 is 0. The summed E-state index contributed by atoms with van der Waals surface area (Å²) in [7, 11) is 4.55. The fraction of sp³-hybridized carbons (Fsp3) is 0.500. The molecule has 0 saturated heterocycles. The SMILES string of the molecule is COC(=O)C[C@@H]1c2cc(OC)c(OC)cc2CCN1CC#N. The van der Waals surface area contributed by atoms with Crippen LogP contribution >= 0.6 is 0 Å². The molecule has 6 nitrogen and oxygen atoms in total. The van der Waals surface area contributed by atoms with E-state index in [4.69, 9.17) is 19.5 Å². The van der Waals surface area contributed by atoms with Gasteiger partial charge in [0.15, 0.2) is 11.5 Å². The molecule has 0 saturated carbocycles. The third-order valence-corrected chi connectivity index (χ3v) is 3.98. The zero-order chi connectivity index (χ0) is 16.1. The van der Waals surface area contributed by atoms with Crippen LogP contribution in [0.25, 0.3) is 0 Å². The van der Waals surface area contributed by atoms with Crippen molar-refractivity contribution in [3.05, 3.63) is 23.3 Å². The van der Waals surface area contributed by atoms with Crippen molar-refractivity contribution in [3.8, 4) is 17.6 Å². The Bertz CT molecular complexity index is 595. The number of nitrogens with zero attached hydrogens (tertiary/aromatic N) is 2. The highest BCUT2D eigenvalue weighted by Crippen LogP contribution is 2.39. The van der Waals surface area contributed by atoms with Gasteiger partial charge in [-0.1, -0.05) is 0 Å². The van der Waals surface area contributed by atoms with Gasteiger partial charge in [-0.05, 0) is 29.7 Å². The maximum atomic E-state index is 11.7. The van der Waals surface area contributed by atoms with Crippen molar-refractivity contribution < 1.29 is 19.0 Å². The van der Waals surface area contributed by atoms with E-state index in [9.17, 15) is 4.79 Å². The van der Waals surface area contributed by atoms with Crippen molar-refractivity contribution >= 4 is 5.97 Å². The number of nitriles is 1. The molecule has 22 heavy (non-hydrogen) atoms. The van der Waals surface area contributed by atoms with Gasteiger partial charge in [-0.25, -0.2) is 0 Å². The molecule has 0 aromatic heterocycles. The Balaban J connectivity index is 2.44. The van der Waals surface area contributed by atoms with Crippen LogP contribution in [-0.4, -0.2) is 45.3 Å². The van der Waals surface area contributed by atoms with Crippen molar-refractivity contribution in [1.82, 2.24) is 4.90 Å². The molecule has 1 aliphatic rings. The molecule has 1 aromatic carbocycles. The second kappa shape index (κ2) is 7.14. The van der Waals surface area contributed by atoms with E-state index in [2.05, 4.69) is 6.07 Å². The van der Waals surface area contributed by atoms with Gasteiger partial charge in [0.2, 0.25) is 0 Å². The van der Waals surface area contributed by atoms with Crippen molar-refractivity contribution in [2.24, 2.45) is 0 Å². The van der Waals surface area contributed by atoms with Gasteiger partial charge >= 0.3 is 5.97 Å². The minimum atomic E-state index is -0.296. The van der Waals surface area contributed by atoms with E-state index in [0.717, 1.165) is 24.1 Å². The third kappa shape index (κ3) is 3.15. The van der Waals surface area contributed by atoms with E-state index in [1.807, 2.05) is 17.0 Å². The van der Waals surface area contributed by atoms with Gasteiger partial charge in [-0.15, -0.1) is 0 Å². The molecule has 0 aliphatic carbocycles. The number of ether oxygens (including phenoxy) is 3. The van der Waals surface area contributed by atoms with Gasteiger partial charge in [0.1, 0.15) is 0 Å². The molecular formula is C16H20N2O4. The largest absolute Gasteiger partial charge is 0.493 e. The molecule has 0 unspecified atom stereocenters. The van der Waals surface area contributed by atoms with Crippen LogP contribution in [0.15, 0.2) is 12.1 Å². The monoisotopic (exact) mass is 304 g/mol. The van der Waals surface area contributed by atoms with Gasteiger partial charge in [0.05, 0.1) is 40.4 Å². The summed E-state index contributed by atoms with van der Waals surface area (Å²) in [5.41, 5.74) is 2.10. The molecule has 1 atom stereocenters. The number of fused-ring (bicyclic) bond motifs is 1. The molecule has 6 heteroatoms. The molecule has 118 valence electrons. The highest BCUT2D eigenvalue weighted by atomic mass is 16.5. The number of carbonyl (C=O) groups is 1. The quantitative estimate of drug-likeness (QED) is 0.609. The smallest absolute Gasteiger partial charge is 0.307 e. The lowest BCUT2D eigenvalue weighted by Crippen LogP contribution is -2.37. The van der Waals surface area contributed by atoms with E-state index in [1.54, 1.807) is 14.2 Å². The Kier molecular flexibility index (Phi) is 5.23. The summed E-state index contributed by atoms with van der Waals surface area (Å²) < 4.78 is 15.5. The Labute approximate surface area is 130 Å². The second-order valence-corrected chi connectivity index (χ2v) is 5.08. The Morgan fingerprint density at radius 2 is 2.00 bits per heavy atom. The van der Waals surface area contributed by atoms with Crippen molar-refractivity contribution in [3.63, 3.8) is 0 Å². The average molecular weight is 304 g/mol. The third-order valence-electron chi connectivity index (χ3n) is 3.98. The summed E-state index contributed by atoms with van der Waals surface area (Å²) in [5.74, 6) is 0.997. The van der Waals surface area contributed by atoms with E-state index < -0.39 is 0 Å². The van der Waals surface area contributed by atoms with Crippen LogP contribution in [0, 0.1) is 11.3 Å². The van der Waals surface area contributed by atoms with Gasteiger partial charge in [-0.2, -0.15) is 5.26 Å². The summed E-state index contributed by atoms with van der Waals surface area (Å²) in [5, 5.41) is 9.01. The topological polar surface area (TPSA) is 71.8 Å². The normalized spacial score (nSPS) is 17.3. The van der Waals surface area contributed by atoms with Gasteiger partial charge in [-0.3, -0.25) is 9.69 Å². The number of hydrogen-bond acceptors (Lipinski definition) is 6. The number of hydrogen-bond donors (Lipinski definition) is 0. The molecule has 1 heterocycles. The minimum Gasteiger partial charge on any atom is -0.493 e. The average Bonchev–Trinajstić information content (AvgIpc) is 2.55. The highest BCUT2D eigenvalue weighted by Gasteiger charge is 2.30. The molecule has 0 radical (unpaired) electrons. The highest BCUT2D eigenvalue weighted by molar-refractivity contribution is 5.70. The van der Waals surface area contributed by atoms with Crippen LogP contribution in [0.5, 0.6) is 11.5 Å². The standard InChI is InChI=1S/C16H20N2O4/c1-20-14-8-11-4-6-18(7-5-17)13(10-16(19)22-3)12(11)9-15(14)21-2/h8-9,13H,4,6-7,10H2,1-3H3/t13-/m1/s1. The molecule has 1 aromatic rings. The number of benzene rings is 1. The predicted molar refractivity (Wildman–Crippen MR) is 79.8 cm³/mol. The lowest BCUT2D eigenvalue weighted by molar-refractivity contribution is -0.142. The van der Waals surface area contributed by atoms with Crippen LogP contribution in [0.3, 0.4) is 0 Å². The lowest BCUT2D eigenvalue weighted by Gasteiger charge is -2.35. The Morgan fingerprint density at radius 3 is 2.59 bits per heavy atom. The van der Waals surface area contributed by atoms with Crippen LogP contribution in [0.4, 0.5) is 0 Å². The molecule has 1 aliphatic heterocycles. The lowest BCUT2D eigenvalue weighted by atomic mass is 9.90. The summed E-state index contributed by atoms with van der Waals surface area (Å²) in [6.45, 7) is 0.993. The number of rotatable bonds is 5. The molecule has 0 bridgehead atoms. The predicted octanol–water partition coefficient (Wildman–Crippen LogP) is 1.69. The van der Waals surface area contributed by atoms with Crippen molar-refractivity contribution in [2.45, 2.75) is 18.9 Å². The Hall–Kier alpha value is -2.26. The van der Waals surface area contributed by atoms with E-state index in [1.165, 1.54) is 7.11 Å². The van der Waals surface area contributed by atoms with Gasteiger partial charge in [0.25, 0.3) is 0 Å². The van der Waals surface area contributed by atoms with Crippen molar-refractivity contribution in [2.75, 3.05) is 34.4 Å². The number of esters is 1. The van der Waals surface area contributed by atoms with Crippen LogP contribution < -0.4 is 9.47 Å². The van der Waals surface area contributed by atoms with E-state index in [-0.39, 0.29) is 25.0 Å². The second-order valence-electron chi connectivity index (χ2n) is 5.08. The zero-order valence-corrected chi connectivity index (χ0v) is 13.1. The minimum absolute atomic E-state index is 0.185. The summed E-state index contributed by atoms with van der Waals surface area (Å²) in [4.78, 5) is 13.7. The first-order valence-corrected chi connectivity index (χ1v) is 7.07. The summed E-state index contributed by atoms with van der Waals surface area (Å²) in [6, 6.07) is 5.81. The van der Waals surface area contributed by atoms with E-state index >= 15 is 0 Å². The molecule has 0 N–H and O–H groups in total. The zero-order valence-electron chi connectivity index (χ0n) is 13.1. The molecule has 2 rings (SSSR count). The maximum absolute atomic E-state index is 11.7. The first-order valence-electron chi connectivity index (χ1n) is 7.07. The van der Waals surface area contributed by atoms with Crippen LogP contribution in [-0.2, 0) is 16.0 Å². The molecule has 0 fully saturated rings. The first kappa shape index (κ1) is 16.1.